The van der Waals surface area contributed by atoms with Crippen LogP contribution in [0.1, 0.15) is 50.8 Å². The molecule has 2 amide bonds. The molecule has 0 fully saturated rings. The van der Waals surface area contributed by atoms with Crippen molar-refractivity contribution in [1.29, 1.82) is 0 Å². The summed E-state index contributed by atoms with van der Waals surface area (Å²) < 4.78 is 70.0. The lowest BCUT2D eigenvalue weighted by Gasteiger charge is -2.35. The van der Waals surface area contributed by atoms with E-state index in [2.05, 4.69) is 5.32 Å². The predicted molar refractivity (Wildman–Crippen MR) is 166 cm³/mol. The van der Waals surface area contributed by atoms with Crippen LogP contribution in [0.15, 0.2) is 77.7 Å². The molecule has 3 aromatic rings. The Labute approximate surface area is 262 Å². The fourth-order valence-electron chi connectivity index (χ4n) is 4.60. The van der Waals surface area contributed by atoms with Gasteiger partial charge in [0.1, 0.15) is 12.6 Å². The van der Waals surface area contributed by atoms with Crippen molar-refractivity contribution < 1.29 is 31.2 Å². The average Bonchev–Trinajstić information content (AvgIpc) is 2.93. The van der Waals surface area contributed by atoms with Crippen molar-refractivity contribution in [2.45, 2.75) is 70.1 Å². The molecular weight excluding hydrogens is 615 g/mol. The second-order valence-corrected chi connectivity index (χ2v) is 13.7. The number of hydrogen-bond donors (Lipinski definition) is 1. The molecule has 0 bridgehead atoms. The summed E-state index contributed by atoms with van der Waals surface area (Å²) in [6.45, 7) is 8.07. The molecule has 0 saturated heterocycles. The molecule has 3 rings (SSSR count). The van der Waals surface area contributed by atoms with Gasteiger partial charge in [0.15, 0.2) is 0 Å². The van der Waals surface area contributed by atoms with Crippen LogP contribution in [0.2, 0.25) is 5.02 Å². The number of halogens is 4. The number of alkyl halides is 3. The number of anilines is 1. The summed E-state index contributed by atoms with van der Waals surface area (Å²) >= 11 is 5.83. The Morgan fingerprint density at radius 2 is 1.57 bits per heavy atom. The Morgan fingerprint density at radius 1 is 0.955 bits per heavy atom. The number of sulfonamides is 1. The Hall–Kier alpha value is -3.57. The number of nitrogens with zero attached hydrogens (tertiary/aromatic N) is 2. The molecule has 0 radical (unpaired) electrons. The molecule has 12 heteroatoms. The zero-order chi connectivity index (χ0) is 32.9. The molecule has 1 atom stereocenters. The largest absolute Gasteiger partial charge is 0.417 e. The van der Waals surface area contributed by atoms with Crippen molar-refractivity contribution >= 4 is 39.1 Å². The summed E-state index contributed by atoms with van der Waals surface area (Å²) in [6.07, 6.45) is -4.31. The summed E-state index contributed by atoms with van der Waals surface area (Å²) in [6, 6.07) is 16.7. The third-order valence-electron chi connectivity index (χ3n) is 6.80. The quantitative estimate of drug-likeness (QED) is 0.252. The lowest BCUT2D eigenvalue weighted by molar-refractivity contribution is -0.140. The predicted octanol–water partition coefficient (Wildman–Crippen LogP) is 6.63. The van der Waals surface area contributed by atoms with Crippen LogP contribution in [0.25, 0.3) is 0 Å². The van der Waals surface area contributed by atoms with E-state index in [0.717, 1.165) is 23.3 Å². The topological polar surface area (TPSA) is 86.8 Å². The first-order chi connectivity index (χ1) is 20.4. The average molecular weight is 652 g/mol. The monoisotopic (exact) mass is 651 g/mol. The summed E-state index contributed by atoms with van der Waals surface area (Å²) in [5, 5.41) is 2.26. The van der Waals surface area contributed by atoms with Crippen LogP contribution in [0.4, 0.5) is 18.9 Å². The molecule has 0 saturated carbocycles. The highest BCUT2D eigenvalue weighted by Crippen LogP contribution is 2.38. The van der Waals surface area contributed by atoms with Crippen LogP contribution in [-0.4, -0.2) is 49.8 Å². The van der Waals surface area contributed by atoms with E-state index in [9.17, 15) is 31.2 Å². The van der Waals surface area contributed by atoms with Gasteiger partial charge in [-0.05, 0) is 76.4 Å². The molecular formula is C32H37ClF3N3O4S. The lowest BCUT2D eigenvalue weighted by atomic mass is 10.1. The number of carbonyl (C=O) groups excluding carboxylic acids is 2. The Bertz CT molecular complexity index is 1560. The number of carbonyl (C=O) groups is 2. The van der Waals surface area contributed by atoms with Crippen LogP contribution >= 0.6 is 11.6 Å². The molecule has 0 heterocycles. The first-order valence-corrected chi connectivity index (χ1v) is 15.9. The maximum atomic E-state index is 14.1. The smallest absolute Gasteiger partial charge is 0.350 e. The van der Waals surface area contributed by atoms with Crippen molar-refractivity contribution in [3.05, 3.63) is 94.5 Å². The molecule has 0 aliphatic heterocycles. The molecule has 3 aromatic carbocycles. The molecule has 0 aliphatic carbocycles. The molecule has 7 nitrogen and oxygen atoms in total. The van der Waals surface area contributed by atoms with Gasteiger partial charge >= 0.3 is 6.18 Å². The number of benzene rings is 3. The van der Waals surface area contributed by atoms with Gasteiger partial charge in [-0.1, -0.05) is 66.6 Å². The fourth-order valence-corrected chi connectivity index (χ4v) is 6.23. The van der Waals surface area contributed by atoms with E-state index in [1.165, 1.54) is 17.0 Å². The van der Waals surface area contributed by atoms with E-state index in [-0.39, 0.29) is 17.9 Å². The molecule has 0 spiro atoms. The van der Waals surface area contributed by atoms with Crippen LogP contribution in [0, 0.1) is 6.92 Å². The van der Waals surface area contributed by atoms with Gasteiger partial charge in [0, 0.05) is 12.1 Å². The SMILES string of the molecule is CC[C@@H](C(=O)NC(C)(C)C)N(CCc1ccccc1)C(=O)CN(c1ccc(Cl)c(C(F)(F)F)c1)S(=O)(=O)c1ccc(C)cc1. The van der Waals surface area contributed by atoms with Gasteiger partial charge in [0.2, 0.25) is 11.8 Å². The number of rotatable bonds is 11. The van der Waals surface area contributed by atoms with E-state index in [0.29, 0.717) is 16.8 Å². The van der Waals surface area contributed by atoms with Crippen molar-refractivity contribution in [1.82, 2.24) is 10.2 Å². The van der Waals surface area contributed by atoms with E-state index in [4.69, 9.17) is 11.6 Å². The van der Waals surface area contributed by atoms with Crippen molar-refractivity contribution in [2.24, 2.45) is 0 Å². The van der Waals surface area contributed by atoms with Crippen molar-refractivity contribution in [3.8, 4) is 0 Å². The number of aryl methyl sites for hydroxylation is 1. The normalized spacial score (nSPS) is 12.8. The Kier molecular flexibility index (Phi) is 11.1. The van der Waals surface area contributed by atoms with Gasteiger partial charge in [-0.3, -0.25) is 13.9 Å². The van der Waals surface area contributed by atoms with Crippen molar-refractivity contribution in [3.63, 3.8) is 0 Å². The van der Waals surface area contributed by atoms with Gasteiger partial charge < -0.3 is 10.2 Å². The minimum Gasteiger partial charge on any atom is -0.350 e. The van der Waals surface area contributed by atoms with Crippen LogP contribution in [-0.2, 0) is 32.2 Å². The zero-order valence-electron chi connectivity index (χ0n) is 25.3. The minimum atomic E-state index is -4.88. The van der Waals surface area contributed by atoms with Crippen molar-refractivity contribution in [2.75, 3.05) is 17.4 Å². The molecule has 0 aromatic heterocycles. The minimum absolute atomic E-state index is 0.0613. The first-order valence-electron chi connectivity index (χ1n) is 14.1. The van der Waals surface area contributed by atoms with Crippen LogP contribution in [0.5, 0.6) is 0 Å². The second kappa shape index (κ2) is 14.0. The standard InChI is InChI=1S/C32H37ClF3N3O4S/c1-6-28(30(41)37-31(3,4)5)38(19-18-23-10-8-7-9-11-23)29(40)21-39(44(42,43)25-15-12-22(2)13-16-25)24-14-17-27(33)26(20-24)32(34,35)36/h7-17,20,28H,6,18-19,21H2,1-5H3,(H,37,41)/t28-/m0/s1. The summed E-state index contributed by atoms with van der Waals surface area (Å²) in [4.78, 5) is 28.5. The highest BCUT2D eigenvalue weighted by Gasteiger charge is 2.37. The Balaban J connectivity index is 2.11. The van der Waals surface area contributed by atoms with E-state index in [1.54, 1.807) is 46.8 Å². The van der Waals surface area contributed by atoms with E-state index >= 15 is 0 Å². The highest BCUT2D eigenvalue weighted by atomic mass is 35.5. The second-order valence-electron chi connectivity index (χ2n) is 11.5. The van der Waals surface area contributed by atoms with Gasteiger partial charge in [-0.25, -0.2) is 8.42 Å². The molecule has 0 unspecified atom stereocenters. The zero-order valence-corrected chi connectivity index (χ0v) is 26.9. The van der Waals surface area contributed by atoms with Gasteiger partial charge in [0.25, 0.3) is 10.0 Å². The summed E-state index contributed by atoms with van der Waals surface area (Å²) in [5.74, 6) is -1.18. The number of nitrogens with one attached hydrogen (secondary N) is 1. The van der Waals surface area contributed by atoms with E-state index in [1.807, 2.05) is 30.3 Å². The summed E-state index contributed by atoms with van der Waals surface area (Å²) in [5.41, 5.74) is -0.610. The number of amides is 2. The van der Waals surface area contributed by atoms with Gasteiger partial charge in [0.05, 0.1) is 21.2 Å². The Morgan fingerprint density at radius 3 is 2.11 bits per heavy atom. The van der Waals surface area contributed by atoms with Crippen LogP contribution in [0.3, 0.4) is 0 Å². The molecule has 238 valence electrons. The van der Waals surface area contributed by atoms with Gasteiger partial charge in [-0.15, -0.1) is 0 Å². The highest BCUT2D eigenvalue weighted by molar-refractivity contribution is 7.92. The fraction of sp³-hybridized carbons (Fsp3) is 0.375. The molecule has 0 aliphatic rings. The third-order valence-corrected chi connectivity index (χ3v) is 8.92. The number of hydrogen-bond acceptors (Lipinski definition) is 4. The van der Waals surface area contributed by atoms with Crippen LogP contribution < -0.4 is 9.62 Å². The maximum absolute atomic E-state index is 14.1. The molecule has 44 heavy (non-hydrogen) atoms. The van der Waals surface area contributed by atoms with E-state index < -0.39 is 62.4 Å². The third kappa shape index (κ3) is 8.98. The lowest BCUT2D eigenvalue weighted by Crippen LogP contribution is -2.56. The summed E-state index contributed by atoms with van der Waals surface area (Å²) in [7, 11) is -4.55. The van der Waals surface area contributed by atoms with Gasteiger partial charge in [-0.2, -0.15) is 13.2 Å². The first kappa shape index (κ1) is 34.9. The molecule has 1 N–H and O–H groups in total. The maximum Gasteiger partial charge on any atom is 0.417 e.